The zero-order valence-electron chi connectivity index (χ0n) is 12.1. The minimum atomic E-state index is -1.96. The molecule has 0 aliphatic heterocycles. The first-order valence-electron chi connectivity index (χ1n) is 6.87. The molecular weight excluding hydrogens is 510 g/mol. The van der Waals surface area contributed by atoms with Gasteiger partial charge in [-0.25, -0.2) is 4.57 Å². The number of hydrogen-bond donors (Lipinski definition) is 2. The second-order valence-corrected chi connectivity index (χ2v) is 9.83. The highest BCUT2D eigenvalue weighted by atomic mass is 35.5. The lowest BCUT2D eigenvalue weighted by molar-refractivity contribution is 0.391. The van der Waals surface area contributed by atoms with E-state index in [1.165, 1.54) is 6.07 Å². The van der Waals surface area contributed by atoms with E-state index in [1.807, 2.05) is 0 Å². The van der Waals surface area contributed by atoms with Gasteiger partial charge in [0.25, 0.3) is 0 Å². The fourth-order valence-corrected chi connectivity index (χ4v) is 6.50. The van der Waals surface area contributed by atoms with Crippen LogP contribution < -0.4 is 0 Å². The zero-order valence-corrected chi connectivity index (χ0v) is 18.1. The van der Waals surface area contributed by atoms with E-state index in [0.717, 1.165) is 4.57 Å². The van der Waals surface area contributed by atoms with Gasteiger partial charge in [-0.1, -0.05) is 75.7 Å². The molecule has 0 fully saturated rings. The molecule has 0 amide bonds. The number of benzene rings is 1. The molecule has 3 nitrogen and oxygen atoms in total. The molecule has 2 aromatic rings. The van der Waals surface area contributed by atoms with E-state index in [-0.39, 0.29) is 36.9 Å². The van der Waals surface area contributed by atoms with Crippen molar-refractivity contribution in [1.29, 1.82) is 0 Å². The highest BCUT2D eigenvalue weighted by molar-refractivity contribution is 6.65. The first-order chi connectivity index (χ1) is 11.9. The van der Waals surface area contributed by atoms with Crippen molar-refractivity contribution in [2.75, 3.05) is 0 Å². The summed E-state index contributed by atoms with van der Waals surface area (Å²) in [7, 11) is 0. The van der Waals surface area contributed by atoms with Crippen molar-refractivity contribution in [3.8, 4) is 17.4 Å². The van der Waals surface area contributed by atoms with Gasteiger partial charge in [0.15, 0.2) is 4.33 Å². The third-order valence-electron chi connectivity index (χ3n) is 4.64. The third-order valence-corrected chi connectivity index (χ3v) is 9.53. The number of hydrogen-bond acceptors (Lipinski definition) is 2. The van der Waals surface area contributed by atoms with Gasteiger partial charge in [-0.2, -0.15) is 0 Å². The van der Waals surface area contributed by atoms with Crippen molar-refractivity contribution < 1.29 is 10.2 Å². The summed E-state index contributed by atoms with van der Waals surface area (Å²) >= 11 is 50.9. The molecular formula is C15H5Cl8NO2. The van der Waals surface area contributed by atoms with Crippen molar-refractivity contribution in [3.63, 3.8) is 0 Å². The van der Waals surface area contributed by atoms with E-state index >= 15 is 0 Å². The number of halogens is 8. The SMILES string of the molecule is Oc1c2c(c(O)n1-c1cccc(Cl)c1Cl)[C@@]1(Cl)C(Cl)=C(Cl)[C@]2(Cl)C1(Cl)Cl. The summed E-state index contributed by atoms with van der Waals surface area (Å²) in [6.45, 7) is 0. The number of aromatic nitrogens is 1. The van der Waals surface area contributed by atoms with E-state index in [0.29, 0.717) is 0 Å². The quantitative estimate of drug-likeness (QED) is 0.404. The van der Waals surface area contributed by atoms with Crippen molar-refractivity contribution in [2.45, 2.75) is 14.1 Å². The van der Waals surface area contributed by atoms with Gasteiger partial charge in [0.1, 0.15) is 9.75 Å². The van der Waals surface area contributed by atoms with Gasteiger partial charge < -0.3 is 10.2 Å². The number of nitrogens with zero attached hydrogens (tertiary/aromatic N) is 1. The summed E-state index contributed by atoms with van der Waals surface area (Å²) in [5.41, 5.74) is 0.0784. The summed E-state index contributed by atoms with van der Waals surface area (Å²) in [6.07, 6.45) is 0. The van der Waals surface area contributed by atoms with Crippen LogP contribution in [0.5, 0.6) is 11.8 Å². The van der Waals surface area contributed by atoms with E-state index in [2.05, 4.69) is 0 Å². The van der Waals surface area contributed by atoms with Crippen LogP contribution in [0.2, 0.25) is 10.0 Å². The molecule has 0 spiro atoms. The Bertz CT molecular complexity index is 978. The topological polar surface area (TPSA) is 45.4 Å². The lowest BCUT2D eigenvalue weighted by Gasteiger charge is -2.32. The summed E-state index contributed by atoms with van der Waals surface area (Å²) < 4.78 is -0.941. The maximum absolute atomic E-state index is 10.9. The van der Waals surface area contributed by atoms with Gasteiger partial charge in [0.2, 0.25) is 11.8 Å². The molecule has 1 aromatic carbocycles. The highest BCUT2D eigenvalue weighted by Crippen LogP contribution is 2.80. The Morgan fingerprint density at radius 1 is 0.769 bits per heavy atom. The molecule has 4 rings (SSSR count). The lowest BCUT2D eigenvalue weighted by atomic mass is 10.00. The van der Waals surface area contributed by atoms with Crippen LogP contribution in [-0.4, -0.2) is 19.1 Å². The van der Waals surface area contributed by atoms with Crippen LogP contribution in [0.1, 0.15) is 11.1 Å². The fourth-order valence-electron chi connectivity index (χ4n) is 3.44. The number of fused-ring (bicyclic) bond motifs is 5. The lowest BCUT2D eigenvalue weighted by Crippen LogP contribution is -2.40. The molecule has 0 unspecified atom stereocenters. The standard InChI is InChI=1S/C15H5Cl8NO2/c16-4-2-1-3-5(8(4)17)24-11(25)6-7(12(24)26)14(21)10(19)9(18)13(6,20)15(14,22)23/h1-3,25-26H/t13-,14+. The highest BCUT2D eigenvalue weighted by Gasteiger charge is 2.80. The first kappa shape index (κ1) is 19.5. The molecule has 2 N–H and O–H groups in total. The molecule has 1 aromatic heterocycles. The van der Waals surface area contributed by atoms with Crippen LogP contribution >= 0.6 is 92.8 Å². The summed E-state index contributed by atoms with van der Waals surface area (Å²) in [6, 6.07) is 4.66. The average molecular weight is 515 g/mol. The molecule has 2 bridgehead atoms. The van der Waals surface area contributed by atoms with Crippen LogP contribution in [0.3, 0.4) is 0 Å². The predicted molar refractivity (Wildman–Crippen MR) is 107 cm³/mol. The van der Waals surface area contributed by atoms with Crippen LogP contribution in [0.4, 0.5) is 0 Å². The Hall–Kier alpha value is 0.160. The van der Waals surface area contributed by atoms with Crippen molar-refractivity contribution in [2.24, 2.45) is 0 Å². The molecule has 2 aliphatic rings. The molecule has 0 saturated heterocycles. The smallest absolute Gasteiger partial charge is 0.204 e. The van der Waals surface area contributed by atoms with Crippen molar-refractivity contribution in [3.05, 3.63) is 49.4 Å². The van der Waals surface area contributed by atoms with E-state index in [1.54, 1.807) is 12.1 Å². The predicted octanol–water partition coefficient (Wildman–Crippen LogP) is 6.95. The molecule has 26 heavy (non-hydrogen) atoms. The maximum atomic E-state index is 10.9. The average Bonchev–Trinajstić information content (AvgIpc) is 2.95. The molecule has 138 valence electrons. The molecule has 0 saturated carbocycles. The Balaban J connectivity index is 2.13. The van der Waals surface area contributed by atoms with Gasteiger partial charge in [0, 0.05) is 0 Å². The largest absolute Gasteiger partial charge is 0.494 e. The fraction of sp³-hybridized carbons (Fsp3) is 0.200. The Morgan fingerprint density at radius 2 is 1.23 bits per heavy atom. The summed E-state index contributed by atoms with van der Waals surface area (Å²) in [4.78, 5) is -3.74. The van der Waals surface area contributed by atoms with Crippen LogP contribution in [0, 0.1) is 0 Å². The van der Waals surface area contributed by atoms with Crippen LogP contribution in [0.25, 0.3) is 5.69 Å². The maximum Gasteiger partial charge on any atom is 0.204 e. The van der Waals surface area contributed by atoms with Crippen LogP contribution in [0.15, 0.2) is 28.3 Å². The zero-order chi connectivity index (χ0) is 19.4. The number of aromatic hydroxyl groups is 2. The van der Waals surface area contributed by atoms with Crippen molar-refractivity contribution >= 4 is 92.8 Å². The number of alkyl halides is 4. The minimum Gasteiger partial charge on any atom is -0.494 e. The molecule has 2 aliphatic carbocycles. The van der Waals surface area contributed by atoms with E-state index in [9.17, 15) is 10.2 Å². The normalized spacial score (nSPS) is 28.8. The third kappa shape index (κ3) is 1.83. The summed E-state index contributed by atoms with van der Waals surface area (Å²) in [5, 5.41) is 21.7. The molecule has 11 heteroatoms. The molecule has 2 atom stereocenters. The number of rotatable bonds is 1. The van der Waals surface area contributed by atoms with Crippen molar-refractivity contribution in [1.82, 2.24) is 4.57 Å². The Labute approximate surface area is 187 Å². The molecule has 0 radical (unpaired) electrons. The van der Waals surface area contributed by atoms with Gasteiger partial charge in [-0.15, -0.1) is 23.2 Å². The monoisotopic (exact) mass is 511 g/mol. The summed E-state index contributed by atoms with van der Waals surface area (Å²) in [5.74, 6) is -0.987. The Morgan fingerprint density at radius 3 is 1.69 bits per heavy atom. The van der Waals surface area contributed by atoms with Gasteiger partial charge in [-0.05, 0) is 12.1 Å². The van der Waals surface area contributed by atoms with Gasteiger partial charge >= 0.3 is 0 Å². The van der Waals surface area contributed by atoms with Gasteiger partial charge in [-0.3, -0.25) is 0 Å². The first-order valence-corrected chi connectivity index (χ1v) is 9.90. The second-order valence-electron chi connectivity index (χ2n) is 5.82. The van der Waals surface area contributed by atoms with Crippen LogP contribution in [-0.2, 0) is 9.75 Å². The van der Waals surface area contributed by atoms with E-state index in [4.69, 9.17) is 92.8 Å². The Kier molecular flexibility index (Phi) is 4.20. The number of allylic oxidation sites excluding steroid dienone is 2. The second kappa shape index (κ2) is 5.61. The van der Waals surface area contributed by atoms with E-state index < -0.39 is 25.8 Å². The van der Waals surface area contributed by atoms with Gasteiger partial charge in [0.05, 0.1) is 36.9 Å². The minimum absolute atomic E-state index is 0.0536. The molecule has 1 heterocycles.